The molecule has 4 nitrogen and oxygen atoms in total. The Morgan fingerprint density at radius 1 is 1.41 bits per heavy atom. The molecule has 1 heterocycles. The number of nitrogens with zero attached hydrogens (tertiary/aromatic N) is 1. The first-order chi connectivity index (χ1) is 8.06. The van der Waals surface area contributed by atoms with Gasteiger partial charge >= 0.3 is 0 Å². The van der Waals surface area contributed by atoms with E-state index in [0.29, 0.717) is 16.7 Å². The lowest BCUT2D eigenvalue weighted by atomic mass is 10.1. The summed E-state index contributed by atoms with van der Waals surface area (Å²) in [4.78, 5) is 0. The van der Waals surface area contributed by atoms with Gasteiger partial charge in [-0.1, -0.05) is 17.7 Å². The molecule has 1 unspecified atom stereocenters. The summed E-state index contributed by atoms with van der Waals surface area (Å²) in [6, 6.07) is 7.15. The van der Waals surface area contributed by atoms with Gasteiger partial charge in [0.05, 0.1) is 0 Å². The van der Waals surface area contributed by atoms with Crippen molar-refractivity contribution in [3.05, 3.63) is 40.5 Å². The van der Waals surface area contributed by atoms with Crippen LogP contribution >= 0.6 is 11.6 Å². The fraction of sp³-hybridized carbons (Fsp3) is 0.250. The summed E-state index contributed by atoms with van der Waals surface area (Å²) in [5, 5.41) is 7.39. The maximum absolute atomic E-state index is 6.11. The number of hydrogen-bond donors (Lipinski definition) is 2. The molecule has 1 aromatic carbocycles. The van der Waals surface area contributed by atoms with Gasteiger partial charge in [-0.05, 0) is 31.5 Å². The van der Waals surface area contributed by atoms with Gasteiger partial charge in [-0.2, -0.15) is 0 Å². The number of halogens is 1. The quantitative estimate of drug-likeness (QED) is 0.881. The molecule has 0 saturated carbocycles. The number of ether oxygens (including phenoxy) is 1. The third-order valence-corrected chi connectivity index (χ3v) is 2.69. The lowest BCUT2D eigenvalue weighted by Gasteiger charge is -2.09. The molecule has 3 N–H and O–H groups in total. The van der Waals surface area contributed by atoms with Gasteiger partial charge in [-0.25, -0.2) is 0 Å². The van der Waals surface area contributed by atoms with Gasteiger partial charge in [0.2, 0.25) is 5.88 Å². The zero-order valence-electron chi connectivity index (χ0n) is 9.70. The highest BCUT2D eigenvalue weighted by molar-refractivity contribution is 6.31. The van der Waals surface area contributed by atoms with Gasteiger partial charge in [0.15, 0.2) is 0 Å². The predicted octanol–water partition coefficient (Wildman–Crippen LogP) is 3.18. The second-order valence-corrected chi connectivity index (χ2v) is 4.37. The molecule has 90 valence electrons. The van der Waals surface area contributed by atoms with Crippen LogP contribution in [0, 0.1) is 6.92 Å². The van der Waals surface area contributed by atoms with Crippen molar-refractivity contribution in [2.45, 2.75) is 19.9 Å². The molecule has 0 aliphatic carbocycles. The molecular weight excluding hydrogens is 238 g/mol. The SMILES string of the molecule is Cc1cc(Oc2ccc(C(C)N)c(Cl)c2)n[nH]1. The van der Waals surface area contributed by atoms with Gasteiger partial charge < -0.3 is 10.5 Å². The summed E-state index contributed by atoms with van der Waals surface area (Å²) in [6.07, 6.45) is 0. The number of nitrogens with two attached hydrogens (primary N) is 1. The van der Waals surface area contributed by atoms with Gasteiger partial charge in [0, 0.05) is 22.8 Å². The average Bonchev–Trinajstić information content (AvgIpc) is 2.63. The molecule has 0 aliphatic rings. The molecule has 0 amide bonds. The van der Waals surface area contributed by atoms with Crippen molar-refractivity contribution in [1.29, 1.82) is 0 Å². The monoisotopic (exact) mass is 251 g/mol. The van der Waals surface area contributed by atoms with E-state index in [0.717, 1.165) is 11.3 Å². The molecule has 0 saturated heterocycles. The molecule has 0 fully saturated rings. The van der Waals surface area contributed by atoms with Crippen LogP contribution in [0.5, 0.6) is 11.6 Å². The highest BCUT2D eigenvalue weighted by atomic mass is 35.5. The molecule has 0 bridgehead atoms. The third kappa shape index (κ3) is 2.78. The van der Waals surface area contributed by atoms with Gasteiger partial charge in [0.25, 0.3) is 0 Å². The minimum atomic E-state index is -0.0934. The third-order valence-electron chi connectivity index (χ3n) is 2.37. The minimum absolute atomic E-state index is 0.0934. The van der Waals surface area contributed by atoms with Crippen LogP contribution in [-0.4, -0.2) is 10.2 Å². The first-order valence-electron chi connectivity index (χ1n) is 5.31. The van der Waals surface area contributed by atoms with Crippen LogP contribution in [0.2, 0.25) is 5.02 Å². The normalized spacial score (nSPS) is 12.5. The van der Waals surface area contributed by atoms with E-state index in [-0.39, 0.29) is 6.04 Å². The van der Waals surface area contributed by atoms with Crippen molar-refractivity contribution < 1.29 is 4.74 Å². The van der Waals surface area contributed by atoms with Crippen molar-refractivity contribution in [3.63, 3.8) is 0 Å². The Hall–Kier alpha value is -1.52. The minimum Gasteiger partial charge on any atom is -0.437 e. The summed E-state index contributed by atoms with van der Waals surface area (Å²) in [5.74, 6) is 1.16. The summed E-state index contributed by atoms with van der Waals surface area (Å²) < 4.78 is 5.55. The van der Waals surface area contributed by atoms with Gasteiger partial charge in [0.1, 0.15) is 5.75 Å². The highest BCUT2D eigenvalue weighted by Crippen LogP contribution is 2.28. The van der Waals surface area contributed by atoms with E-state index in [1.807, 2.05) is 32.0 Å². The van der Waals surface area contributed by atoms with E-state index in [9.17, 15) is 0 Å². The Morgan fingerprint density at radius 2 is 2.18 bits per heavy atom. The van der Waals surface area contributed by atoms with Crippen molar-refractivity contribution in [3.8, 4) is 11.6 Å². The van der Waals surface area contributed by atoms with E-state index < -0.39 is 0 Å². The Balaban J connectivity index is 2.20. The molecule has 2 aromatic rings. The van der Waals surface area contributed by atoms with E-state index in [4.69, 9.17) is 22.1 Å². The maximum atomic E-state index is 6.11. The second kappa shape index (κ2) is 4.77. The fourth-order valence-corrected chi connectivity index (χ4v) is 1.85. The first-order valence-corrected chi connectivity index (χ1v) is 5.69. The van der Waals surface area contributed by atoms with Crippen LogP contribution in [-0.2, 0) is 0 Å². The molecular formula is C12H14ClN3O. The Bertz CT molecular complexity index is 522. The van der Waals surface area contributed by atoms with Crippen LogP contribution in [0.15, 0.2) is 24.3 Å². The molecule has 17 heavy (non-hydrogen) atoms. The zero-order chi connectivity index (χ0) is 12.4. The predicted molar refractivity (Wildman–Crippen MR) is 67.5 cm³/mol. The van der Waals surface area contributed by atoms with Crippen LogP contribution in [0.4, 0.5) is 0 Å². The smallest absolute Gasteiger partial charge is 0.238 e. The molecule has 1 atom stereocenters. The summed E-state index contributed by atoms with van der Waals surface area (Å²) >= 11 is 6.11. The van der Waals surface area contributed by atoms with Crippen LogP contribution in [0.25, 0.3) is 0 Å². The Kier molecular flexibility index (Phi) is 3.36. The Labute approximate surface area is 105 Å². The van der Waals surface area contributed by atoms with Crippen molar-refractivity contribution >= 4 is 11.6 Å². The number of hydrogen-bond acceptors (Lipinski definition) is 3. The lowest BCUT2D eigenvalue weighted by Crippen LogP contribution is -2.05. The molecule has 0 spiro atoms. The maximum Gasteiger partial charge on any atom is 0.238 e. The Morgan fingerprint density at radius 3 is 2.71 bits per heavy atom. The molecule has 1 aromatic heterocycles. The van der Waals surface area contributed by atoms with Crippen LogP contribution in [0.1, 0.15) is 24.2 Å². The summed E-state index contributed by atoms with van der Waals surface area (Å²) in [7, 11) is 0. The molecule has 0 radical (unpaired) electrons. The first kappa shape index (κ1) is 12.0. The van der Waals surface area contributed by atoms with E-state index in [1.54, 1.807) is 6.07 Å². The molecule has 5 heteroatoms. The lowest BCUT2D eigenvalue weighted by molar-refractivity contribution is 0.461. The second-order valence-electron chi connectivity index (χ2n) is 3.96. The van der Waals surface area contributed by atoms with E-state index in [1.165, 1.54) is 0 Å². The van der Waals surface area contributed by atoms with E-state index in [2.05, 4.69) is 10.2 Å². The number of benzene rings is 1. The van der Waals surface area contributed by atoms with Crippen molar-refractivity contribution in [2.75, 3.05) is 0 Å². The fourth-order valence-electron chi connectivity index (χ4n) is 1.51. The number of H-pyrrole nitrogens is 1. The number of rotatable bonds is 3. The molecule has 0 aliphatic heterocycles. The average molecular weight is 252 g/mol. The van der Waals surface area contributed by atoms with Crippen LogP contribution in [0.3, 0.4) is 0 Å². The van der Waals surface area contributed by atoms with Crippen molar-refractivity contribution in [1.82, 2.24) is 10.2 Å². The number of aromatic amines is 1. The number of aryl methyl sites for hydroxylation is 1. The highest BCUT2D eigenvalue weighted by Gasteiger charge is 2.08. The van der Waals surface area contributed by atoms with Crippen molar-refractivity contribution in [2.24, 2.45) is 5.73 Å². The topological polar surface area (TPSA) is 63.9 Å². The van der Waals surface area contributed by atoms with Crippen LogP contribution < -0.4 is 10.5 Å². The molecule has 2 rings (SSSR count). The summed E-state index contributed by atoms with van der Waals surface area (Å²) in [6.45, 7) is 3.80. The van der Waals surface area contributed by atoms with Gasteiger partial charge in [-0.3, -0.25) is 5.10 Å². The van der Waals surface area contributed by atoms with Gasteiger partial charge in [-0.15, -0.1) is 5.10 Å². The standard InChI is InChI=1S/C12H14ClN3O/c1-7-5-12(16-15-7)17-9-3-4-10(8(2)14)11(13)6-9/h3-6,8H,14H2,1-2H3,(H,15,16). The van der Waals surface area contributed by atoms with E-state index >= 15 is 0 Å². The number of nitrogens with one attached hydrogen (secondary N) is 1. The largest absolute Gasteiger partial charge is 0.437 e. The summed E-state index contributed by atoms with van der Waals surface area (Å²) in [5.41, 5.74) is 7.62. The zero-order valence-corrected chi connectivity index (χ0v) is 10.5. The number of aromatic nitrogens is 2.